The first-order valence-corrected chi connectivity index (χ1v) is 9.10. The molecule has 2 unspecified atom stereocenters. The van der Waals surface area contributed by atoms with Gasteiger partial charge < -0.3 is 5.73 Å². The van der Waals surface area contributed by atoms with Crippen LogP contribution in [-0.4, -0.2) is 36.8 Å². The molecule has 0 radical (unpaired) electrons. The topological polar surface area (TPSA) is 107 Å². The number of nitro benzene ring substituents is 1. The van der Waals surface area contributed by atoms with Crippen LogP contribution in [0.1, 0.15) is 30.9 Å². The molecular formula is C15H23N3O4S. The lowest BCUT2D eigenvalue weighted by molar-refractivity contribution is -0.385. The summed E-state index contributed by atoms with van der Waals surface area (Å²) < 4.78 is 27.5. The Bertz CT molecular complexity index is 718. The van der Waals surface area contributed by atoms with E-state index in [-0.39, 0.29) is 23.2 Å². The number of rotatable bonds is 4. The number of nitrogens with zero attached hydrogens (tertiary/aromatic N) is 2. The molecule has 2 rings (SSSR count). The van der Waals surface area contributed by atoms with E-state index in [1.165, 1.54) is 10.4 Å². The molecule has 0 amide bonds. The molecule has 23 heavy (non-hydrogen) atoms. The predicted octanol–water partition coefficient (Wildman–Crippen LogP) is 1.96. The van der Waals surface area contributed by atoms with Crippen molar-refractivity contribution in [2.45, 2.75) is 44.6 Å². The normalized spacial score (nSPS) is 23.0. The maximum Gasteiger partial charge on any atom is 0.271 e. The molecule has 1 aromatic rings. The number of aryl methyl sites for hydroxylation is 1. The van der Waals surface area contributed by atoms with Crippen LogP contribution in [0.15, 0.2) is 17.0 Å². The van der Waals surface area contributed by atoms with Gasteiger partial charge in [0.1, 0.15) is 0 Å². The fourth-order valence-electron chi connectivity index (χ4n) is 3.07. The van der Waals surface area contributed by atoms with Crippen LogP contribution in [0.3, 0.4) is 0 Å². The van der Waals surface area contributed by atoms with Gasteiger partial charge in [0.15, 0.2) is 0 Å². The van der Waals surface area contributed by atoms with E-state index in [1.807, 2.05) is 0 Å². The molecule has 1 aromatic carbocycles. The average Bonchev–Trinajstić information content (AvgIpc) is 2.48. The van der Waals surface area contributed by atoms with Crippen LogP contribution in [-0.2, 0) is 10.0 Å². The molecule has 7 nitrogen and oxygen atoms in total. The smallest absolute Gasteiger partial charge is 0.271 e. The zero-order valence-corrected chi connectivity index (χ0v) is 14.5. The Balaban J connectivity index is 2.53. The van der Waals surface area contributed by atoms with Gasteiger partial charge in [-0.2, -0.15) is 4.31 Å². The molecule has 1 aliphatic rings. The highest BCUT2D eigenvalue weighted by molar-refractivity contribution is 7.89. The zero-order valence-electron chi connectivity index (χ0n) is 13.7. The van der Waals surface area contributed by atoms with Gasteiger partial charge in [-0.1, -0.05) is 6.92 Å². The highest BCUT2D eigenvalue weighted by Gasteiger charge is 2.36. The Labute approximate surface area is 136 Å². The fourth-order valence-corrected chi connectivity index (χ4v) is 5.05. The summed E-state index contributed by atoms with van der Waals surface area (Å²) in [5.41, 5.74) is 6.69. The van der Waals surface area contributed by atoms with Crippen LogP contribution >= 0.6 is 0 Å². The number of nitro groups is 1. The molecule has 2 N–H and O–H groups in total. The first-order valence-electron chi connectivity index (χ1n) is 7.66. The molecule has 1 fully saturated rings. The lowest BCUT2D eigenvalue weighted by Gasteiger charge is -2.37. The lowest BCUT2D eigenvalue weighted by Crippen LogP contribution is -2.49. The minimum atomic E-state index is -3.81. The van der Waals surface area contributed by atoms with E-state index in [0.717, 1.165) is 12.5 Å². The summed E-state index contributed by atoms with van der Waals surface area (Å²) in [6.07, 6.45) is 1.48. The van der Waals surface area contributed by atoms with E-state index >= 15 is 0 Å². The average molecular weight is 341 g/mol. The van der Waals surface area contributed by atoms with E-state index in [0.29, 0.717) is 30.0 Å². The monoisotopic (exact) mass is 341 g/mol. The van der Waals surface area contributed by atoms with Gasteiger partial charge in [0.05, 0.1) is 9.82 Å². The Hall–Kier alpha value is -1.51. The quantitative estimate of drug-likeness (QED) is 0.665. The van der Waals surface area contributed by atoms with E-state index in [1.54, 1.807) is 13.8 Å². The first kappa shape index (κ1) is 17.8. The van der Waals surface area contributed by atoms with Crippen molar-refractivity contribution in [3.63, 3.8) is 0 Å². The van der Waals surface area contributed by atoms with Crippen LogP contribution in [0.5, 0.6) is 0 Å². The van der Waals surface area contributed by atoms with Crippen molar-refractivity contribution in [3.8, 4) is 0 Å². The molecule has 0 bridgehead atoms. The number of nitrogens with two attached hydrogens (primary N) is 1. The van der Waals surface area contributed by atoms with Crippen molar-refractivity contribution in [1.82, 2.24) is 4.31 Å². The third-order valence-electron chi connectivity index (χ3n) is 4.60. The second-order valence-corrected chi connectivity index (χ2v) is 8.14. The Morgan fingerprint density at radius 1 is 1.39 bits per heavy atom. The minimum absolute atomic E-state index is 0.0113. The van der Waals surface area contributed by atoms with Gasteiger partial charge in [-0.3, -0.25) is 10.1 Å². The van der Waals surface area contributed by atoms with Crippen LogP contribution in [0, 0.1) is 29.9 Å². The summed E-state index contributed by atoms with van der Waals surface area (Å²) in [6, 6.07) is 2.29. The number of benzene rings is 1. The first-order chi connectivity index (χ1) is 10.7. The van der Waals surface area contributed by atoms with Crippen molar-refractivity contribution >= 4 is 15.7 Å². The SMILES string of the molecule is Cc1cc([N+](=O)[O-])cc(S(=O)(=O)N2CCC(C)CC2CN)c1C. The van der Waals surface area contributed by atoms with E-state index in [4.69, 9.17) is 5.73 Å². The van der Waals surface area contributed by atoms with Gasteiger partial charge in [-0.05, 0) is 43.7 Å². The maximum absolute atomic E-state index is 13.1. The third kappa shape index (κ3) is 3.39. The molecule has 1 aliphatic heterocycles. The lowest BCUT2D eigenvalue weighted by atomic mass is 9.94. The second-order valence-electron chi connectivity index (χ2n) is 6.28. The highest BCUT2D eigenvalue weighted by Crippen LogP contribution is 2.32. The van der Waals surface area contributed by atoms with Crippen molar-refractivity contribution in [2.24, 2.45) is 11.7 Å². The molecular weight excluding hydrogens is 318 g/mol. The molecule has 0 aliphatic carbocycles. The number of hydrogen-bond donors (Lipinski definition) is 1. The summed E-state index contributed by atoms with van der Waals surface area (Å²) in [7, 11) is -3.81. The molecule has 1 heterocycles. The predicted molar refractivity (Wildman–Crippen MR) is 87.7 cm³/mol. The minimum Gasteiger partial charge on any atom is -0.329 e. The highest BCUT2D eigenvalue weighted by atomic mass is 32.2. The largest absolute Gasteiger partial charge is 0.329 e. The Morgan fingerprint density at radius 3 is 2.61 bits per heavy atom. The van der Waals surface area contributed by atoms with E-state index in [2.05, 4.69) is 6.92 Å². The molecule has 0 saturated carbocycles. The third-order valence-corrected chi connectivity index (χ3v) is 6.68. The van der Waals surface area contributed by atoms with Crippen molar-refractivity contribution in [1.29, 1.82) is 0 Å². The van der Waals surface area contributed by atoms with Gasteiger partial charge in [0.2, 0.25) is 10.0 Å². The van der Waals surface area contributed by atoms with Crippen molar-refractivity contribution in [2.75, 3.05) is 13.1 Å². The van der Waals surface area contributed by atoms with Gasteiger partial charge >= 0.3 is 0 Å². The summed E-state index contributed by atoms with van der Waals surface area (Å²) in [6.45, 7) is 6.08. The van der Waals surface area contributed by atoms with E-state index < -0.39 is 14.9 Å². The van der Waals surface area contributed by atoms with Crippen molar-refractivity contribution < 1.29 is 13.3 Å². The molecule has 2 atom stereocenters. The number of non-ortho nitro benzene ring substituents is 1. The van der Waals surface area contributed by atoms with Gasteiger partial charge in [0.25, 0.3) is 5.69 Å². The number of sulfonamides is 1. The summed E-state index contributed by atoms with van der Waals surface area (Å²) in [5.74, 6) is 0.419. The van der Waals surface area contributed by atoms with Crippen LogP contribution < -0.4 is 5.73 Å². The van der Waals surface area contributed by atoms with Crippen molar-refractivity contribution in [3.05, 3.63) is 33.4 Å². The summed E-state index contributed by atoms with van der Waals surface area (Å²) in [5, 5.41) is 11.1. The van der Waals surface area contributed by atoms with Gasteiger partial charge in [-0.15, -0.1) is 0 Å². The van der Waals surface area contributed by atoms with Gasteiger partial charge in [-0.25, -0.2) is 8.42 Å². The zero-order chi connectivity index (χ0) is 17.4. The Kier molecular flexibility index (Phi) is 5.07. The molecule has 128 valence electrons. The number of hydrogen-bond acceptors (Lipinski definition) is 5. The molecule has 8 heteroatoms. The maximum atomic E-state index is 13.1. The van der Waals surface area contributed by atoms with Gasteiger partial charge in [0, 0.05) is 31.3 Å². The Morgan fingerprint density at radius 2 is 2.04 bits per heavy atom. The van der Waals surface area contributed by atoms with Crippen LogP contribution in [0.4, 0.5) is 5.69 Å². The van der Waals surface area contributed by atoms with E-state index in [9.17, 15) is 18.5 Å². The molecule has 0 aromatic heterocycles. The molecule has 0 spiro atoms. The molecule has 1 saturated heterocycles. The second kappa shape index (κ2) is 6.54. The number of piperidine rings is 1. The summed E-state index contributed by atoms with van der Waals surface area (Å²) >= 11 is 0. The fraction of sp³-hybridized carbons (Fsp3) is 0.600. The summed E-state index contributed by atoms with van der Waals surface area (Å²) in [4.78, 5) is 10.5. The van der Waals surface area contributed by atoms with Crippen LogP contribution in [0.2, 0.25) is 0 Å². The standard InChI is InChI=1S/C15H23N3O4S/c1-10-4-5-17(14(6-10)9-16)23(21,22)15-8-13(18(19)20)7-11(2)12(15)3/h7-8,10,14H,4-6,9,16H2,1-3H3. The van der Waals surface area contributed by atoms with Crippen LogP contribution in [0.25, 0.3) is 0 Å².